The number of aromatic carboxylic acids is 1. The van der Waals surface area contributed by atoms with E-state index in [1.807, 2.05) is 78.9 Å². The molecule has 23 nitrogen and oxygen atoms in total. The number of anilines is 6. The van der Waals surface area contributed by atoms with E-state index in [9.17, 15) is 50.3 Å². The van der Waals surface area contributed by atoms with Crippen molar-refractivity contribution in [2.45, 2.75) is 118 Å². The first-order valence-corrected chi connectivity index (χ1v) is 35.6. The van der Waals surface area contributed by atoms with E-state index >= 15 is 0 Å². The van der Waals surface area contributed by atoms with Crippen LogP contribution in [0, 0.1) is 55.7 Å². The highest BCUT2D eigenvalue weighted by molar-refractivity contribution is 7.22. The number of hydrogen-bond donors (Lipinski definition) is 9. The number of amides is 3. The number of carboxylic acid groups (broad SMARTS) is 1. The van der Waals surface area contributed by atoms with Crippen molar-refractivity contribution in [1.29, 1.82) is 0 Å². The molecule has 12 rings (SSSR count). The molecule has 3 aliphatic rings. The number of nitrogen functional groups attached to an aromatic ring is 3. The number of rotatable bonds is 17. The summed E-state index contributed by atoms with van der Waals surface area (Å²) >= 11 is 3.53. The Morgan fingerprint density at radius 2 is 0.943 bits per heavy atom. The van der Waals surface area contributed by atoms with Crippen LogP contribution in [0.1, 0.15) is 112 Å². The normalized spacial score (nSPS) is 13.6. The van der Waals surface area contributed by atoms with Gasteiger partial charge >= 0.3 is 12.1 Å². The number of aromatic nitrogens is 3. The number of hydrogen-bond acceptors (Lipinski definition) is 22. The summed E-state index contributed by atoms with van der Waals surface area (Å²) in [5, 5.41) is 19.6. The van der Waals surface area contributed by atoms with E-state index < -0.39 is 52.6 Å². The molecule has 3 aromatic carbocycles. The van der Waals surface area contributed by atoms with Crippen molar-refractivity contribution in [2.75, 3.05) is 105 Å². The summed E-state index contributed by atoms with van der Waals surface area (Å²) in [6.07, 6.45) is 0.185. The fourth-order valence-corrected chi connectivity index (χ4v) is 13.9. The van der Waals surface area contributed by atoms with Gasteiger partial charge in [-0.15, -0.1) is 34.0 Å². The SMILES string of the molecule is C.CC(C)(C)OC=O.CNC1CN(c2cc(F)c(CCNC(=O)c3sc4nc(C)ccc4c3N)cc2F)C1.Cc1ccc2c(N)c(C(=O)NCCc3cc(F)c(N4CC(N(C)C(=O)OC(C)(C)C)C4)cc3F)sc2n1.Cc1ccc2c(N)c(C(=O)O)sc2n1.NCCc1cc(F)c(N2CC(N)C2)cc1F. The molecule has 0 saturated carbocycles. The average Bonchev–Trinajstić information content (AvgIpc) is 1.79. The highest BCUT2D eigenvalue weighted by Crippen LogP contribution is 2.37. The summed E-state index contributed by atoms with van der Waals surface area (Å²) in [5.74, 6) is -4.58. The van der Waals surface area contributed by atoms with Crippen LogP contribution in [0.15, 0.2) is 72.8 Å². The van der Waals surface area contributed by atoms with Crippen molar-refractivity contribution < 1.29 is 64.9 Å². The summed E-state index contributed by atoms with van der Waals surface area (Å²) in [4.78, 5) is 80.4. The lowest BCUT2D eigenvalue weighted by atomic mass is 10.0. The second-order valence-electron chi connectivity index (χ2n) is 27.0. The lowest BCUT2D eigenvalue weighted by Gasteiger charge is -2.45. The second-order valence-corrected chi connectivity index (χ2v) is 30.0. The minimum Gasteiger partial charge on any atom is -0.477 e. The molecule has 14 N–H and O–H groups in total. The summed E-state index contributed by atoms with van der Waals surface area (Å²) in [5.41, 5.74) is 32.9. The number of aryl methyl sites for hydroxylation is 3. The van der Waals surface area contributed by atoms with Crippen molar-refractivity contribution >= 4 is 129 Å². The molecular weight excluding hydrogens is 1430 g/mol. The number of halogens is 6. The van der Waals surface area contributed by atoms with Gasteiger partial charge < -0.3 is 78.8 Å². The van der Waals surface area contributed by atoms with Crippen LogP contribution in [-0.2, 0) is 33.5 Å². The van der Waals surface area contributed by atoms with Crippen LogP contribution in [0.25, 0.3) is 30.6 Å². The first-order valence-electron chi connectivity index (χ1n) is 33.1. The lowest BCUT2D eigenvalue weighted by molar-refractivity contribution is -0.138. The molecule has 566 valence electrons. The van der Waals surface area contributed by atoms with Gasteiger partial charge in [0, 0.05) is 123 Å². The van der Waals surface area contributed by atoms with Crippen LogP contribution in [0.4, 0.5) is 65.3 Å². The number of nitrogens with one attached hydrogen (secondary N) is 3. The van der Waals surface area contributed by atoms with E-state index in [0.29, 0.717) is 117 Å². The molecule has 0 atom stereocenters. The Morgan fingerprint density at radius 1 is 0.581 bits per heavy atom. The van der Waals surface area contributed by atoms with Crippen LogP contribution in [-0.4, -0.2) is 158 Å². The van der Waals surface area contributed by atoms with Crippen molar-refractivity contribution in [3.8, 4) is 0 Å². The molecule has 0 unspecified atom stereocenters. The Hall–Kier alpha value is -9.60. The van der Waals surface area contributed by atoms with E-state index in [1.165, 1.54) is 51.8 Å². The standard InChI is InChI=1S/C26H31F2N5O3S.C21H23F2N5OS.C11H15F2N3.C9H8N2O2S.C5H10O2.CH4/c1-14-6-7-17-21(29)22(37-24(17)31-14)23(34)30-9-8-15-10-19(28)20(11-18(15)27)33-12-16(13-33)32(5)25(35)36-26(2,3)4;1-11-3-4-14-18(24)19(30-21(14)27-11)20(29)26-6-5-12-7-16(23)17(8-15(12)22)28-9-13(10-28)25-2;12-9-4-11(16-5-8(15)6-16)10(13)3-7(9)1-2-14;1-4-2-3-5-6(10)7(9(12)13)14-8(5)11-4;1-5(2,3)7-4-6;/h6-7,10-11,16H,8-9,12-13,29H2,1-5H3,(H,30,34);3-4,7-8,13,25H,5-6,9-10,24H2,1-2H3,(H,26,29);3-4,8H,1-2,5-6,14-15H2;2-3H,10H2,1H3,(H,12,13);4H,1-3H3;1H4. The third-order valence-electron chi connectivity index (χ3n) is 16.6. The van der Waals surface area contributed by atoms with Crippen molar-refractivity contribution in [3.05, 3.63) is 156 Å². The van der Waals surface area contributed by atoms with Gasteiger partial charge in [0.1, 0.15) is 75.2 Å². The monoisotopic (exact) mass is 1520 g/mol. The van der Waals surface area contributed by atoms with Gasteiger partial charge in [-0.2, -0.15) is 0 Å². The summed E-state index contributed by atoms with van der Waals surface area (Å²) < 4.78 is 95.7. The Balaban J connectivity index is 0.000000201. The first kappa shape index (κ1) is 82.7. The van der Waals surface area contributed by atoms with E-state index in [2.05, 4.69) is 35.6 Å². The molecule has 3 aliphatic heterocycles. The molecule has 0 spiro atoms. The number of carboxylic acids is 1. The summed E-state index contributed by atoms with van der Waals surface area (Å²) in [7, 11) is 3.48. The lowest BCUT2D eigenvalue weighted by Crippen LogP contribution is -2.60. The Morgan fingerprint density at radius 3 is 1.28 bits per heavy atom. The number of fused-ring (bicyclic) bond motifs is 3. The predicted molar refractivity (Wildman–Crippen MR) is 406 cm³/mol. The maximum Gasteiger partial charge on any atom is 0.410 e. The van der Waals surface area contributed by atoms with Gasteiger partial charge in [-0.1, -0.05) is 7.43 Å². The Labute approximate surface area is 617 Å². The average molecular weight is 1520 g/mol. The van der Waals surface area contributed by atoms with Crippen LogP contribution in [0.2, 0.25) is 0 Å². The molecule has 0 radical (unpaired) electrons. The highest BCUT2D eigenvalue weighted by Gasteiger charge is 2.37. The number of likely N-dealkylation sites (N-methyl/N-ethyl adjacent to an activating group) is 2. The molecule has 3 amide bonds. The number of ether oxygens (including phenoxy) is 2. The largest absolute Gasteiger partial charge is 0.477 e. The van der Waals surface area contributed by atoms with Gasteiger partial charge in [-0.05, 0) is 166 Å². The van der Waals surface area contributed by atoms with Gasteiger partial charge in [-0.3, -0.25) is 14.4 Å². The fourth-order valence-electron chi connectivity index (χ4n) is 10.8. The molecule has 9 aromatic rings. The van der Waals surface area contributed by atoms with Crippen LogP contribution < -0.4 is 59.3 Å². The predicted octanol–water partition coefficient (Wildman–Crippen LogP) is 11.4. The zero-order chi connectivity index (χ0) is 76.4. The minimum atomic E-state index is -0.997. The number of nitrogens with two attached hydrogens (primary N) is 5. The van der Waals surface area contributed by atoms with E-state index in [1.54, 1.807) is 48.6 Å². The Kier molecular flexibility index (Phi) is 27.9. The number of carbonyl (C=O) groups excluding carboxylic acids is 4. The fraction of sp³-hybridized carbons (Fsp3) is 0.397. The third kappa shape index (κ3) is 21.1. The minimum absolute atomic E-state index is 0. The van der Waals surface area contributed by atoms with E-state index in [0.717, 1.165) is 56.7 Å². The number of nitrogens with zero attached hydrogens (tertiary/aromatic N) is 7. The van der Waals surface area contributed by atoms with Crippen molar-refractivity contribution in [2.24, 2.45) is 11.5 Å². The Bertz CT molecular complexity index is 4610. The van der Waals surface area contributed by atoms with Gasteiger partial charge in [0.2, 0.25) is 0 Å². The molecule has 105 heavy (non-hydrogen) atoms. The maximum absolute atomic E-state index is 14.8. The van der Waals surface area contributed by atoms with Crippen LogP contribution in [0.3, 0.4) is 0 Å². The van der Waals surface area contributed by atoms with Gasteiger partial charge in [0.05, 0.1) is 40.2 Å². The maximum atomic E-state index is 14.8. The van der Waals surface area contributed by atoms with Gasteiger partial charge in [0.25, 0.3) is 18.3 Å². The van der Waals surface area contributed by atoms with Crippen molar-refractivity contribution in [3.63, 3.8) is 0 Å². The van der Waals surface area contributed by atoms with Gasteiger partial charge in [0.15, 0.2) is 0 Å². The topological polar surface area (TPSA) is 342 Å². The molecular formula is C73H91F6N15O8S3. The van der Waals surface area contributed by atoms with E-state index in [4.69, 9.17) is 38.5 Å². The third-order valence-corrected chi connectivity index (χ3v) is 20.0. The molecule has 3 fully saturated rings. The van der Waals surface area contributed by atoms with Crippen molar-refractivity contribution in [1.82, 2.24) is 35.8 Å². The zero-order valence-electron chi connectivity index (χ0n) is 59.5. The molecule has 0 aliphatic carbocycles. The number of benzene rings is 3. The summed E-state index contributed by atoms with van der Waals surface area (Å²) in [6, 6.07) is 18.4. The molecule has 6 aromatic heterocycles. The number of carbonyl (C=O) groups is 5. The zero-order valence-corrected chi connectivity index (χ0v) is 62.0. The highest BCUT2D eigenvalue weighted by atomic mass is 32.1. The molecule has 3 saturated heterocycles. The van der Waals surface area contributed by atoms with Crippen LogP contribution >= 0.6 is 34.0 Å². The molecule has 9 heterocycles. The number of pyridine rings is 3. The number of thiophene rings is 3. The second kappa shape index (κ2) is 35.5. The van der Waals surface area contributed by atoms with Gasteiger partial charge in [-0.25, -0.2) is 50.9 Å². The smallest absolute Gasteiger partial charge is 0.410 e. The van der Waals surface area contributed by atoms with Crippen LogP contribution in [0.5, 0.6) is 0 Å². The quantitative estimate of drug-likeness (QED) is 0.0302. The first-order chi connectivity index (χ1) is 49.0. The summed E-state index contributed by atoms with van der Waals surface area (Å²) in [6.45, 7) is 20.6. The molecule has 0 bridgehead atoms. The molecule has 32 heteroatoms. The van der Waals surface area contributed by atoms with E-state index in [-0.39, 0.29) is 90.2 Å².